The van der Waals surface area contributed by atoms with Crippen LogP contribution in [0.3, 0.4) is 0 Å². The van der Waals surface area contributed by atoms with Gasteiger partial charge in [-0.1, -0.05) is 18.5 Å². The summed E-state index contributed by atoms with van der Waals surface area (Å²) in [5, 5.41) is 4.45. The van der Waals surface area contributed by atoms with E-state index in [4.69, 9.17) is 11.6 Å². The molecule has 0 radical (unpaired) electrons. The van der Waals surface area contributed by atoms with Crippen LogP contribution < -0.4 is 5.32 Å². The fraction of sp³-hybridized carbons (Fsp3) is 0.375. The number of benzene rings is 1. The summed E-state index contributed by atoms with van der Waals surface area (Å²) in [6, 6.07) is 12.9. The largest absolute Gasteiger partial charge is 0.313 e. The molecule has 114 valence electrons. The molecule has 0 saturated heterocycles. The normalized spacial score (nSPS) is 12.5. The van der Waals surface area contributed by atoms with E-state index in [9.17, 15) is 0 Å². The summed E-state index contributed by atoms with van der Waals surface area (Å²) in [4.78, 5) is 2.70. The lowest BCUT2D eigenvalue weighted by Gasteiger charge is -2.17. The summed E-state index contributed by atoms with van der Waals surface area (Å²) >= 11 is 13.2. The maximum Gasteiger partial charge on any atom is 0.0701 e. The fourth-order valence-corrected chi connectivity index (χ4v) is 4.62. The third-order valence-electron chi connectivity index (χ3n) is 3.02. The molecule has 1 aromatic heterocycles. The average molecular weight is 405 g/mol. The summed E-state index contributed by atoms with van der Waals surface area (Å²) in [5.74, 6) is 1.07. The van der Waals surface area contributed by atoms with E-state index in [2.05, 4.69) is 52.4 Å². The van der Waals surface area contributed by atoms with Gasteiger partial charge in [0.2, 0.25) is 0 Å². The number of nitrogens with one attached hydrogen (secondary N) is 1. The van der Waals surface area contributed by atoms with Gasteiger partial charge in [-0.15, -0.1) is 23.1 Å². The first-order valence-electron chi connectivity index (χ1n) is 7.03. The van der Waals surface area contributed by atoms with E-state index in [0.29, 0.717) is 6.04 Å². The molecule has 1 N–H and O–H groups in total. The van der Waals surface area contributed by atoms with E-state index in [1.54, 1.807) is 0 Å². The molecule has 5 heteroatoms. The Labute approximate surface area is 148 Å². The van der Waals surface area contributed by atoms with Crippen molar-refractivity contribution in [2.75, 3.05) is 12.3 Å². The van der Waals surface area contributed by atoms with Crippen molar-refractivity contribution in [1.29, 1.82) is 0 Å². The standard InChI is InChI=1S/C16H19BrClNS2/c1-2-9-19-13(10-15-7-8-16(17)21-15)11-20-14-5-3-12(18)4-6-14/h3-8,13,19H,2,9-11H2,1H3. The van der Waals surface area contributed by atoms with Crippen molar-refractivity contribution in [3.05, 3.63) is 50.1 Å². The van der Waals surface area contributed by atoms with Crippen LogP contribution in [0.15, 0.2) is 45.1 Å². The Morgan fingerprint density at radius 2 is 2.00 bits per heavy atom. The fourth-order valence-electron chi connectivity index (χ4n) is 1.97. The zero-order valence-corrected chi connectivity index (χ0v) is 15.9. The van der Waals surface area contributed by atoms with Crippen molar-refractivity contribution in [3.63, 3.8) is 0 Å². The first-order valence-corrected chi connectivity index (χ1v) is 10.0. The smallest absolute Gasteiger partial charge is 0.0701 e. The predicted molar refractivity (Wildman–Crippen MR) is 100.0 cm³/mol. The van der Waals surface area contributed by atoms with Crippen LogP contribution in [0, 0.1) is 0 Å². The summed E-state index contributed by atoms with van der Waals surface area (Å²) < 4.78 is 1.21. The van der Waals surface area contributed by atoms with Crippen molar-refractivity contribution < 1.29 is 0 Å². The van der Waals surface area contributed by atoms with Crippen molar-refractivity contribution >= 4 is 50.6 Å². The van der Waals surface area contributed by atoms with Gasteiger partial charge in [-0.25, -0.2) is 0 Å². The van der Waals surface area contributed by atoms with Crippen molar-refractivity contribution in [3.8, 4) is 0 Å². The number of thioether (sulfide) groups is 1. The molecule has 2 aromatic rings. The van der Waals surface area contributed by atoms with Crippen LogP contribution in [0.2, 0.25) is 5.02 Å². The van der Waals surface area contributed by atoms with E-state index in [-0.39, 0.29) is 0 Å². The third-order valence-corrected chi connectivity index (χ3v) is 6.10. The first kappa shape index (κ1) is 17.4. The van der Waals surface area contributed by atoms with Gasteiger partial charge in [0.1, 0.15) is 0 Å². The Bertz CT molecular complexity index is 541. The van der Waals surface area contributed by atoms with Gasteiger partial charge in [-0.2, -0.15) is 0 Å². The maximum absolute atomic E-state index is 5.93. The third kappa shape index (κ3) is 6.33. The Balaban J connectivity index is 1.90. The number of halogens is 2. The molecular formula is C16H19BrClNS2. The van der Waals surface area contributed by atoms with E-state index < -0.39 is 0 Å². The lowest BCUT2D eigenvalue weighted by molar-refractivity contribution is 0.553. The van der Waals surface area contributed by atoms with Crippen LogP contribution in [0.25, 0.3) is 0 Å². The SMILES string of the molecule is CCCNC(CSc1ccc(Cl)cc1)Cc1ccc(Br)s1. The van der Waals surface area contributed by atoms with Gasteiger partial charge in [-0.3, -0.25) is 0 Å². The highest BCUT2D eigenvalue weighted by Crippen LogP contribution is 2.25. The second kappa shape index (κ2) is 9.21. The van der Waals surface area contributed by atoms with Crippen LogP contribution in [-0.4, -0.2) is 18.3 Å². The van der Waals surface area contributed by atoms with Crippen LogP contribution in [-0.2, 0) is 6.42 Å². The lowest BCUT2D eigenvalue weighted by atomic mass is 10.2. The van der Waals surface area contributed by atoms with E-state index >= 15 is 0 Å². The molecule has 0 spiro atoms. The van der Waals surface area contributed by atoms with Gasteiger partial charge >= 0.3 is 0 Å². The number of rotatable bonds is 8. The van der Waals surface area contributed by atoms with Gasteiger partial charge in [0.05, 0.1) is 3.79 Å². The second-order valence-electron chi connectivity index (χ2n) is 4.83. The van der Waals surface area contributed by atoms with Crippen molar-refractivity contribution in [1.82, 2.24) is 5.32 Å². The molecule has 1 heterocycles. The number of hydrogen-bond acceptors (Lipinski definition) is 3. The Morgan fingerprint density at radius 1 is 1.24 bits per heavy atom. The molecule has 0 bridgehead atoms. The number of thiophene rings is 1. The zero-order valence-electron chi connectivity index (χ0n) is 11.9. The van der Waals surface area contributed by atoms with Gasteiger partial charge in [-0.05, 0) is 71.7 Å². The van der Waals surface area contributed by atoms with Gasteiger partial charge in [0, 0.05) is 26.6 Å². The summed E-state index contributed by atoms with van der Waals surface area (Å²) in [5.41, 5.74) is 0. The predicted octanol–water partition coefficient (Wildman–Crippen LogP) is 5.87. The highest BCUT2D eigenvalue weighted by molar-refractivity contribution is 9.11. The van der Waals surface area contributed by atoms with Crippen molar-refractivity contribution in [2.45, 2.75) is 30.7 Å². The van der Waals surface area contributed by atoms with Crippen LogP contribution in [0.4, 0.5) is 0 Å². The molecule has 21 heavy (non-hydrogen) atoms. The minimum absolute atomic E-state index is 0.496. The summed E-state index contributed by atoms with van der Waals surface area (Å²) in [6.45, 7) is 3.27. The van der Waals surface area contributed by atoms with Gasteiger partial charge < -0.3 is 5.32 Å². The molecule has 0 saturated carbocycles. The first-order chi connectivity index (χ1) is 10.2. The Hall–Kier alpha value is -0.0000000000000000833. The number of hydrogen-bond donors (Lipinski definition) is 1. The van der Waals surface area contributed by atoms with Crippen molar-refractivity contribution in [2.24, 2.45) is 0 Å². The van der Waals surface area contributed by atoms with E-state index in [1.165, 1.54) is 13.6 Å². The molecule has 2 rings (SSSR count). The highest BCUT2D eigenvalue weighted by Gasteiger charge is 2.11. The molecule has 0 aliphatic carbocycles. The lowest BCUT2D eigenvalue weighted by Crippen LogP contribution is -2.33. The maximum atomic E-state index is 5.93. The van der Waals surface area contributed by atoms with Gasteiger partial charge in [0.25, 0.3) is 0 Å². The molecule has 0 aliphatic rings. The minimum atomic E-state index is 0.496. The molecular weight excluding hydrogens is 386 g/mol. The molecule has 0 aliphatic heterocycles. The molecule has 1 atom stereocenters. The Kier molecular flexibility index (Phi) is 7.61. The van der Waals surface area contributed by atoms with Crippen LogP contribution >= 0.6 is 50.6 Å². The van der Waals surface area contributed by atoms with E-state index in [0.717, 1.165) is 30.2 Å². The summed E-state index contributed by atoms with van der Waals surface area (Å²) in [7, 11) is 0. The zero-order chi connectivity index (χ0) is 15.1. The monoisotopic (exact) mass is 403 g/mol. The van der Waals surface area contributed by atoms with Crippen LogP contribution in [0.1, 0.15) is 18.2 Å². The quantitative estimate of drug-likeness (QED) is 0.552. The molecule has 0 amide bonds. The minimum Gasteiger partial charge on any atom is -0.313 e. The van der Waals surface area contributed by atoms with Gasteiger partial charge in [0.15, 0.2) is 0 Å². The Morgan fingerprint density at radius 3 is 2.62 bits per heavy atom. The van der Waals surface area contributed by atoms with E-state index in [1.807, 2.05) is 35.2 Å². The topological polar surface area (TPSA) is 12.0 Å². The highest BCUT2D eigenvalue weighted by atomic mass is 79.9. The molecule has 1 aromatic carbocycles. The van der Waals surface area contributed by atoms with Crippen LogP contribution in [0.5, 0.6) is 0 Å². The average Bonchev–Trinajstić information content (AvgIpc) is 2.89. The molecule has 0 fully saturated rings. The molecule has 1 nitrogen and oxygen atoms in total. The molecule has 1 unspecified atom stereocenters. The second-order valence-corrected chi connectivity index (χ2v) is 8.90. The summed E-state index contributed by atoms with van der Waals surface area (Å²) in [6.07, 6.45) is 2.24.